The van der Waals surface area contributed by atoms with Crippen molar-refractivity contribution < 1.29 is 14.2 Å². The number of benzene rings is 2. The summed E-state index contributed by atoms with van der Waals surface area (Å²) < 4.78 is 16.9. The van der Waals surface area contributed by atoms with Gasteiger partial charge in [-0.2, -0.15) is 0 Å². The van der Waals surface area contributed by atoms with Gasteiger partial charge in [0.1, 0.15) is 12.4 Å². The first-order chi connectivity index (χ1) is 14.7. The van der Waals surface area contributed by atoms with Gasteiger partial charge >= 0.3 is 0 Å². The Balaban J connectivity index is 0.00000341. The second-order valence-electron chi connectivity index (χ2n) is 7.59. The molecule has 170 valence electrons. The van der Waals surface area contributed by atoms with Gasteiger partial charge in [0.2, 0.25) is 0 Å². The summed E-state index contributed by atoms with van der Waals surface area (Å²) in [5.74, 6) is 1.66. The number of methoxy groups -OCH3 is 1. The predicted octanol–water partition coefficient (Wildman–Crippen LogP) is 4.18. The van der Waals surface area contributed by atoms with Gasteiger partial charge < -0.3 is 24.8 Å². The molecule has 0 aromatic heterocycles. The number of aryl methyl sites for hydroxylation is 1. The number of aliphatic imine (C=N–C) groups is 1. The van der Waals surface area contributed by atoms with Gasteiger partial charge in [0.15, 0.2) is 5.96 Å². The van der Waals surface area contributed by atoms with E-state index in [4.69, 9.17) is 14.2 Å². The molecule has 1 heterocycles. The normalized spacial score (nSPS) is 16.0. The average Bonchev–Trinajstić information content (AvgIpc) is 3.28. The third kappa shape index (κ3) is 8.31. The average molecular weight is 539 g/mol. The van der Waals surface area contributed by atoms with Gasteiger partial charge in [-0.1, -0.05) is 36.4 Å². The van der Waals surface area contributed by atoms with Crippen LogP contribution in [0.5, 0.6) is 5.75 Å². The van der Waals surface area contributed by atoms with Gasteiger partial charge in [0, 0.05) is 39.4 Å². The summed E-state index contributed by atoms with van der Waals surface area (Å²) in [4.78, 5) is 4.34. The first-order valence-electron chi connectivity index (χ1n) is 10.5. The maximum atomic E-state index is 6.09. The lowest BCUT2D eigenvalue weighted by molar-refractivity contribution is 0.0676. The van der Waals surface area contributed by atoms with E-state index >= 15 is 0 Å². The Morgan fingerprint density at radius 1 is 1.10 bits per heavy atom. The Bertz CT molecular complexity index is 821. The zero-order chi connectivity index (χ0) is 21.2. The van der Waals surface area contributed by atoms with Crippen molar-refractivity contribution in [3.63, 3.8) is 0 Å². The highest BCUT2D eigenvalue weighted by Gasteiger charge is 2.17. The minimum Gasteiger partial charge on any atom is -0.491 e. The molecule has 6 nitrogen and oxygen atoms in total. The smallest absolute Gasteiger partial charge is 0.191 e. The Labute approximate surface area is 202 Å². The number of guanidine groups is 1. The summed E-state index contributed by atoms with van der Waals surface area (Å²) in [6.45, 7) is 5.48. The molecule has 1 atom stereocenters. The molecule has 1 unspecified atom stereocenters. The summed E-state index contributed by atoms with van der Waals surface area (Å²) >= 11 is 0. The molecule has 0 radical (unpaired) electrons. The fraction of sp³-hybridized carbons (Fsp3) is 0.458. The zero-order valence-corrected chi connectivity index (χ0v) is 21.0. The molecule has 0 aliphatic carbocycles. The fourth-order valence-corrected chi connectivity index (χ4v) is 3.41. The minimum absolute atomic E-state index is 0. The Morgan fingerprint density at radius 3 is 2.52 bits per heavy atom. The summed E-state index contributed by atoms with van der Waals surface area (Å²) in [6.07, 6.45) is 2.39. The first kappa shape index (κ1) is 25.4. The highest BCUT2D eigenvalue weighted by molar-refractivity contribution is 14.0. The van der Waals surface area contributed by atoms with Crippen LogP contribution in [0.1, 0.15) is 35.1 Å². The first-order valence-corrected chi connectivity index (χ1v) is 10.5. The van der Waals surface area contributed by atoms with E-state index in [-0.39, 0.29) is 30.1 Å². The Kier molecular flexibility index (Phi) is 11.1. The third-order valence-corrected chi connectivity index (χ3v) is 5.14. The van der Waals surface area contributed by atoms with E-state index in [0.717, 1.165) is 36.7 Å². The molecule has 1 saturated heterocycles. The second-order valence-corrected chi connectivity index (χ2v) is 7.59. The minimum atomic E-state index is 0. The van der Waals surface area contributed by atoms with Crippen LogP contribution in [0.15, 0.2) is 47.5 Å². The van der Waals surface area contributed by atoms with Gasteiger partial charge in [0.25, 0.3) is 0 Å². The molecule has 0 amide bonds. The number of nitrogens with zero attached hydrogens (tertiary/aromatic N) is 1. The van der Waals surface area contributed by atoms with E-state index in [2.05, 4.69) is 65.0 Å². The number of hydrogen-bond acceptors (Lipinski definition) is 4. The van der Waals surface area contributed by atoms with Crippen molar-refractivity contribution in [3.05, 3.63) is 64.7 Å². The van der Waals surface area contributed by atoms with Crippen molar-refractivity contribution in [1.82, 2.24) is 10.6 Å². The summed E-state index contributed by atoms with van der Waals surface area (Å²) in [5.41, 5.74) is 4.64. The number of ether oxygens (including phenoxy) is 3. The number of rotatable bonds is 9. The number of nitrogens with one attached hydrogen (secondary N) is 2. The molecule has 2 N–H and O–H groups in total. The van der Waals surface area contributed by atoms with Gasteiger partial charge in [-0.25, -0.2) is 0 Å². The monoisotopic (exact) mass is 539 g/mol. The Hall–Kier alpha value is -1.84. The molecule has 1 fully saturated rings. The van der Waals surface area contributed by atoms with E-state index in [1.807, 2.05) is 0 Å². The highest BCUT2D eigenvalue weighted by atomic mass is 127. The lowest BCUT2D eigenvalue weighted by Gasteiger charge is -2.17. The van der Waals surface area contributed by atoms with Crippen molar-refractivity contribution in [2.24, 2.45) is 4.99 Å². The van der Waals surface area contributed by atoms with E-state index in [1.54, 1.807) is 14.2 Å². The molecule has 0 bridgehead atoms. The van der Waals surface area contributed by atoms with Crippen LogP contribution in [0.3, 0.4) is 0 Å². The van der Waals surface area contributed by atoms with Crippen LogP contribution >= 0.6 is 24.0 Å². The standard InChI is InChI=1S/C24H33N3O3.HI/c1-18-6-11-21(23(13-18)30-17-22-5-4-12-29-22)15-27-24(25-2)26-14-19-7-9-20(10-8-19)16-28-3;/h6-11,13,22H,4-5,12,14-17H2,1-3H3,(H2,25,26,27);1H. The molecular weight excluding hydrogens is 505 g/mol. The third-order valence-electron chi connectivity index (χ3n) is 5.14. The largest absolute Gasteiger partial charge is 0.491 e. The van der Waals surface area contributed by atoms with Crippen molar-refractivity contribution in [1.29, 1.82) is 0 Å². The maximum absolute atomic E-state index is 6.09. The van der Waals surface area contributed by atoms with Crippen LogP contribution in [0, 0.1) is 6.92 Å². The number of halogens is 1. The maximum Gasteiger partial charge on any atom is 0.191 e. The van der Waals surface area contributed by atoms with Crippen molar-refractivity contribution in [2.75, 3.05) is 27.4 Å². The summed E-state index contributed by atoms with van der Waals surface area (Å²) in [6, 6.07) is 14.7. The molecule has 1 aliphatic heterocycles. The molecule has 3 rings (SSSR count). The van der Waals surface area contributed by atoms with Crippen molar-refractivity contribution >= 4 is 29.9 Å². The number of hydrogen-bond donors (Lipinski definition) is 2. The van der Waals surface area contributed by atoms with Gasteiger partial charge in [0.05, 0.1) is 12.7 Å². The van der Waals surface area contributed by atoms with Crippen LogP contribution in [0.25, 0.3) is 0 Å². The molecule has 0 saturated carbocycles. The molecule has 31 heavy (non-hydrogen) atoms. The lowest BCUT2D eigenvalue weighted by Crippen LogP contribution is -2.36. The molecule has 2 aromatic carbocycles. The molecular formula is C24H34IN3O3. The van der Waals surface area contributed by atoms with Gasteiger partial charge in [-0.3, -0.25) is 4.99 Å². The van der Waals surface area contributed by atoms with Crippen molar-refractivity contribution in [2.45, 2.75) is 45.6 Å². The molecule has 1 aliphatic rings. The fourth-order valence-electron chi connectivity index (χ4n) is 3.41. The Morgan fingerprint density at radius 2 is 1.84 bits per heavy atom. The van der Waals surface area contributed by atoms with Crippen LogP contribution in [-0.2, 0) is 29.2 Å². The van der Waals surface area contributed by atoms with Crippen LogP contribution in [-0.4, -0.2) is 39.4 Å². The van der Waals surface area contributed by atoms with Crippen molar-refractivity contribution in [3.8, 4) is 5.75 Å². The lowest BCUT2D eigenvalue weighted by atomic mass is 10.1. The van der Waals surface area contributed by atoms with E-state index in [1.165, 1.54) is 16.7 Å². The quantitative estimate of drug-likeness (QED) is 0.285. The second kappa shape index (κ2) is 13.5. The summed E-state index contributed by atoms with van der Waals surface area (Å²) in [7, 11) is 3.49. The van der Waals surface area contributed by atoms with Gasteiger partial charge in [-0.05, 0) is 42.5 Å². The van der Waals surface area contributed by atoms with Crippen LogP contribution < -0.4 is 15.4 Å². The zero-order valence-electron chi connectivity index (χ0n) is 18.6. The predicted molar refractivity (Wildman–Crippen MR) is 135 cm³/mol. The SMILES string of the molecule is CN=C(NCc1ccc(COC)cc1)NCc1ccc(C)cc1OCC1CCCO1.I. The molecule has 2 aromatic rings. The molecule has 7 heteroatoms. The topological polar surface area (TPSA) is 64.1 Å². The molecule has 0 spiro atoms. The van der Waals surface area contributed by atoms with Gasteiger partial charge in [-0.15, -0.1) is 24.0 Å². The van der Waals surface area contributed by atoms with Crippen LogP contribution in [0.2, 0.25) is 0 Å². The van der Waals surface area contributed by atoms with Crippen LogP contribution in [0.4, 0.5) is 0 Å². The highest BCUT2D eigenvalue weighted by Crippen LogP contribution is 2.22. The summed E-state index contributed by atoms with van der Waals surface area (Å²) in [5, 5.41) is 6.74. The van der Waals surface area contributed by atoms with E-state index in [0.29, 0.717) is 26.3 Å². The van der Waals surface area contributed by atoms with E-state index < -0.39 is 0 Å². The van der Waals surface area contributed by atoms with E-state index in [9.17, 15) is 0 Å².